The third-order valence-corrected chi connectivity index (χ3v) is 9.65. The minimum atomic E-state index is -1.76. The number of rotatable bonds is 8. The molecule has 25 heavy (non-hydrogen) atoms. The molecule has 0 amide bonds. The van der Waals surface area contributed by atoms with Gasteiger partial charge in [-0.25, -0.2) is 0 Å². The lowest BCUT2D eigenvalue weighted by Crippen LogP contribution is -2.43. The summed E-state index contributed by atoms with van der Waals surface area (Å²) in [5.74, 6) is -0.689. The molecular weight excluding hydrogens is 332 g/mol. The summed E-state index contributed by atoms with van der Waals surface area (Å²) in [4.78, 5) is 0. The van der Waals surface area contributed by atoms with Crippen molar-refractivity contribution in [2.45, 2.75) is 103 Å². The van der Waals surface area contributed by atoms with E-state index in [4.69, 9.17) is 13.9 Å². The van der Waals surface area contributed by atoms with Crippen molar-refractivity contribution in [2.24, 2.45) is 0 Å². The minimum absolute atomic E-state index is 0.157. The number of hydrogen-bond donors (Lipinski definition) is 1. The van der Waals surface area contributed by atoms with Gasteiger partial charge in [0.2, 0.25) is 0 Å². The maximum Gasteiger partial charge on any atom is 0.192 e. The zero-order valence-electron chi connectivity index (χ0n) is 17.3. The lowest BCUT2D eigenvalue weighted by molar-refractivity contribution is -0.153. The van der Waals surface area contributed by atoms with Gasteiger partial charge < -0.3 is 19.0 Å². The molecule has 0 aromatic heterocycles. The average Bonchev–Trinajstić information content (AvgIpc) is 2.72. The van der Waals surface area contributed by atoms with Crippen LogP contribution in [-0.4, -0.2) is 43.6 Å². The van der Waals surface area contributed by atoms with Crippen LogP contribution in [0.25, 0.3) is 0 Å². The lowest BCUT2D eigenvalue weighted by atomic mass is 10.0. The van der Waals surface area contributed by atoms with Gasteiger partial charge in [-0.05, 0) is 51.7 Å². The van der Waals surface area contributed by atoms with Crippen molar-refractivity contribution >= 4 is 8.32 Å². The molecule has 1 saturated heterocycles. The number of aliphatic hydroxyl groups is 1. The van der Waals surface area contributed by atoms with Gasteiger partial charge in [0.1, 0.15) is 12.2 Å². The van der Waals surface area contributed by atoms with Gasteiger partial charge in [-0.15, -0.1) is 6.58 Å². The fourth-order valence-electron chi connectivity index (χ4n) is 2.70. The van der Waals surface area contributed by atoms with Crippen molar-refractivity contribution in [2.75, 3.05) is 0 Å². The summed E-state index contributed by atoms with van der Waals surface area (Å²) in [6, 6.07) is 0. The van der Waals surface area contributed by atoms with Crippen LogP contribution >= 0.6 is 0 Å². The van der Waals surface area contributed by atoms with Gasteiger partial charge in [-0.1, -0.05) is 39.0 Å². The molecule has 1 fully saturated rings. The molecule has 1 N–H and O–H groups in total. The van der Waals surface area contributed by atoms with Crippen molar-refractivity contribution in [1.82, 2.24) is 0 Å². The molecular formula is C20H38O4Si. The normalized spacial score (nSPS) is 26.8. The summed E-state index contributed by atoms with van der Waals surface area (Å²) >= 11 is 0. The van der Waals surface area contributed by atoms with E-state index in [2.05, 4.69) is 53.4 Å². The summed E-state index contributed by atoms with van der Waals surface area (Å²) in [5, 5.41) is 10.5. The van der Waals surface area contributed by atoms with Crippen LogP contribution in [0.4, 0.5) is 0 Å². The summed E-state index contributed by atoms with van der Waals surface area (Å²) in [5.41, 5.74) is 0. The van der Waals surface area contributed by atoms with Crippen LogP contribution in [-0.2, 0) is 13.9 Å². The maximum atomic E-state index is 10.3. The lowest BCUT2D eigenvalue weighted by Gasteiger charge is -2.38. The molecule has 1 aliphatic rings. The van der Waals surface area contributed by atoms with Crippen LogP contribution < -0.4 is 0 Å². The molecule has 0 aliphatic carbocycles. The third kappa shape index (κ3) is 6.64. The molecule has 5 heteroatoms. The molecule has 1 heterocycles. The highest BCUT2D eigenvalue weighted by molar-refractivity contribution is 6.74. The Labute approximate surface area is 155 Å². The molecule has 0 aromatic rings. The monoisotopic (exact) mass is 370 g/mol. The first-order valence-corrected chi connectivity index (χ1v) is 12.2. The summed E-state index contributed by atoms with van der Waals surface area (Å²) < 4.78 is 18.2. The Kier molecular flexibility index (Phi) is 7.66. The Bertz CT molecular complexity index is 465. The minimum Gasteiger partial charge on any atom is -0.414 e. The molecule has 0 radical (unpaired) electrons. The number of hydrogen-bond acceptors (Lipinski definition) is 4. The Morgan fingerprint density at radius 3 is 2.36 bits per heavy atom. The Morgan fingerprint density at radius 1 is 1.24 bits per heavy atom. The van der Waals surface area contributed by atoms with Gasteiger partial charge in [0.25, 0.3) is 0 Å². The van der Waals surface area contributed by atoms with E-state index >= 15 is 0 Å². The predicted molar refractivity (Wildman–Crippen MR) is 106 cm³/mol. The average molecular weight is 371 g/mol. The van der Waals surface area contributed by atoms with Gasteiger partial charge in [0.05, 0.1) is 6.10 Å². The van der Waals surface area contributed by atoms with E-state index in [0.29, 0.717) is 6.42 Å². The first kappa shape index (κ1) is 22.6. The van der Waals surface area contributed by atoms with E-state index in [1.54, 1.807) is 6.08 Å². The Balaban J connectivity index is 2.65. The molecule has 0 saturated carbocycles. The van der Waals surface area contributed by atoms with Crippen LogP contribution in [0.15, 0.2) is 24.8 Å². The van der Waals surface area contributed by atoms with E-state index in [0.717, 1.165) is 6.42 Å². The molecule has 0 spiro atoms. The summed E-state index contributed by atoms with van der Waals surface area (Å²) in [6.45, 7) is 20.8. The highest BCUT2D eigenvalue weighted by Crippen LogP contribution is 2.37. The molecule has 0 aromatic carbocycles. The predicted octanol–water partition coefficient (Wildman–Crippen LogP) is 4.80. The number of aliphatic hydroxyl groups excluding tert-OH is 1. The standard InChI is InChI=1S/C20H38O4Si/c1-10-12-16(21)18-17(22-20(6,7)23-18)14-11-13-15(2)24-25(8,9)19(3,4)5/h10-11,14-18,21H,1,12-13H2,2-9H3/b14-11-/t15-,16?,17-,18-/m0/s1. The van der Waals surface area contributed by atoms with Crippen LogP contribution in [0.3, 0.4) is 0 Å². The van der Waals surface area contributed by atoms with Gasteiger partial charge >= 0.3 is 0 Å². The SMILES string of the molecule is C=CCC(O)[C@@H]1OC(C)(C)O[C@H]1/C=C\C[C@H](C)O[Si](C)(C)C(C)(C)C. The molecule has 4 atom stereocenters. The fraction of sp³-hybridized carbons (Fsp3) is 0.800. The topological polar surface area (TPSA) is 47.9 Å². The van der Waals surface area contributed by atoms with E-state index < -0.39 is 20.2 Å². The zero-order chi connectivity index (χ0) is 19.5. The molecule has 0 bridgehead atoms. The van der Waals surface area contributed by atoms with Crippen molar-refractivity contribution in [3.8, 4) is 0 Å². The molecule has 4 nitrogen and oxygen atoms in total. The van der Waals surface area contributed by atoms with Gasteiger partial charge in [0, 0.05) is 6.10 Å². The van der Waals surface area contributed by atoms with Gasteiger partial charge in [-0.2, -0.15) is 0 Å². The van der Waals surface area contributed by atoms with Crippen LogP contribution in [0.1, 0.15) is 54.4 Å². The highest BCUT2D eigenvalue weighted by Gasteiger charge is 2.43. The highest BCUT2D eigenvalue weighted by atomic mass is 28.4. The van der Waals surface area contributed by atoms with E-state index in [1.165, 1.54) is 0 Å². The van der Waals surface area contributed by atoms with Gasteiger partial charge in [0.15, 0.2) is 14.1 Å². The smallest absolute Gasteiger partial charge is 0.192 e. The molecule has 1 rings (SSSR count). The van der Waals surface area contributed by atoms with E-state index in [-0.39, 0.29) is 23.4 Å². The first-order chi connectivity index (χ1) is 11.3. The van der Waals surface area contributed by atoms with Gasteiger partial charge in [-0.3, -0.25) is 0 Å². The second-order valence-electron chi connectivity index (χ2n) is 9.01. The van der Waals surface area contributed by atoms with Crippen LogP contribution in [0.5, 0.6) is 0 Å². The third-order valence-electron chi connectivity index (χ3n) is 5.05. The second-order valence-corrected chi connectivity index (χ2v) is 13.8. The molecule has 146 valence electrons. The zero-order valence-corrected chi connectivity index (χ0v) is 18.3. The summed E-state index contributed by atoms with van der Waals surface area (Å²) in [6.07, 6.45) is 5.99. The maximum absolute atomic E-state index is 10.3. The summed E-state index contributed by atoms with van der Waals surface area (Å²) in [7, 11) is -1.76. The number of ether oxygens (including phenoxy) is 2. The molecule has 1 aliphatic heterocycles. The molecule has 1 unspecified atom stereocenters. The van der Waals surface area contributed by atoms with E-state index in [9.17, 15) is 5.11 Å². The van der Waals surface area contributed by atoms with Crippen LogP contribution in [0, 0.1) is 0 Å². The van der Waals surface area contributed by atoms with Crippen molar-refractivity contribution in [3.63, 3.8) is 0 Å². The largest absolute Gasteiger partial charge is 0.414 e. The fourth-order valence-corrected chi connectivity index (χ4v) is 4.16. The first-order valence-electron chi connectivity index (χ1n) is 9.28. The van der Waals surface area contributed by atoms with Crippen molar-refractivity contribution in [1.29, 1.82) is 0 Å². The van der Waals surface area contributed by atoms with Crippen molar-refractivity contribution in [3.05, 3.63) is 24.8 Å². The quantitative estimate of drug-likeness (QED) is 0.492. The Morgan fingerprint density at radius 2 is 1.84 bits per heavy atom. The van der Waals surface area contributed by atoms with E-state index in [1.807, 2.05) is 19.9 Å². The Hall–Kier alpha value is -0.463. The van der Waals surface area contributed by atoms with Crippen molar-refractivity contribution < 1.29 is 19.0 Å². The second kappa shape index (κ2) is 8.48. The van der Waals surface area contributed by atoms with Crippen LogP contribution in [0.2, 0.25) is 18.1 Å².